The van der Waals surface area contributed by atoms with Gasteiger partial charge in [-0.05, 0) is 38.8 Å². The highest BCUT2D eigenvalue weighted by Gasteiger charge is 2.25. The largest absolute Gasteiger partial charge is 0.477 e. The van der Waals surface area contributed by atoms with Crippen molar-refractivity contribution >= 4 is 5.91 Å². The molecule has 0 spiro atoms. The first-order valence-electron chi connectivity index (χ1n) is 6.72. The van der Waals surface area contributed by atoms with Crippen molar-refractivity contribution in [2.75, 3.05) is 13.2 Å². The molecule has 5 nitrogen and oxygen atoms in total. The van der Waals surface area contributed by atoms with E-state index in [4.69, 9.17) is 9.47 Å². The molecule has 1 fully saturated rings. The number of hydrogen-bond donors (Lipinski definition) is 1. The van der Waals surface area contributed by atoms with Crippen LogP contribution < -0.4 is 10.1 Å². The molecule has 1 aromatic rings. The van der Waals surface area contributed by atoms with Crippen LogP contribution >= 0.6 is 0 Å². The molecule has 1 aliphatic rings. The number of aromatic nitrogens is 1. The van der Waals surface area contributed by atoms with Crippen LogP contribution in [-0.4, -0.2) is 36.3 Å². The second-order valence-corrected chi connectivity index (χ2v) is 4.60. The number of carbonyl (C=O) groups is 1. The van der Waals surface area contributed by atoms with Gasteiger partial charge in [0.05, 0.1) is 18.8 Å². The molecule has 2 rings (SSSR count). The fraction of sp³-hybridized carbons (Fsp3) is 0.571. The zero-order chi connectivity index (χ0) is 13.7. The summed E-state index contributed by atoms with van der Waals surface area (Å²) in [6.45, 7) is 5.09. The summed E-state index contributed by atoms with van der Waals surface area (Å²) in [5.41, 5.74) is 0.467. The SMILES string of the molecule is CCOc1ncccc1C(=O)N[C@@H](C)[C@@H]1CCCO1. The molecule has 0 unspecified atom stereocenters. The van der Waals surface area contributed by atoms with E-state index < -0.39 is 0 Å². The average Bonchev–Trinajstić information content (AvgIpc) is 2.93. The van der Waals surface area contributed by atoms with E-state index in [1.807, 2.05) is 13.8 Å². The summed E-state index contributed by atoms with van der Waals surface area (Å²) in [5.74, 6) is 0.210. The van der Waals surface area contributed by atoms with Gasteiger partial charge in [-0.3, -0.25) is 4.79 Å². The molecule has 0 radical (unpaired) electrons. The van der Waals surface area contributed by atoms with Gasteiger partial charge in [-0.2, -0.15) is 0 Å². The first-order valence-corrected chi connectivity index (χ1v) is 6.72. The van der Waals surface area contributed by atoms with Gasteiger partial charge in [0.25, 0.3) is 5.91 Å². The molecular formula is C14H20N2O3. The maximum absolute atomic E-state index is 12.2. The van der Waals surface area contributed by atoms with E-state index in [0.717, 1.165) is 19.4 Å². The van der Waals surface area contributed by atoms with Gasteiger partial charge in [-0.1, -0.05) is 0 Å². The molecule has 1 aromatic heterocycles. The van der Waals surface area contributed by atoms with Crippen molar-refractivity contribution in [3.8, 4) is 5.88 Å². The second kappa shape index (κ2) is 6.52. The minimum atomic E-state index is -0.167. The van der Waals surface area contributed by atoms with E-state index in [0.29, 0.717) is 18.1 Å². The summed E-state index contributed by atoms with van der Waals surface area (Å²) < 4.78 is 10.9. The van der Waals surface area contributed by atoms with Crippen molar-refractivity contribution in [2.45, 2.75) is 38.8 Å². The zero-order valence-corrected chi connectivity index (χ0v) is 11.4. The van der Waals surface area contributed by atoms with Crippen molar-refractivity contribution in [1.29, 1.82) is 0 Å². The van der Waals surface area contributed by atoms with Gasteiger partial charge in [0.2, 0.25) is 5.88 Å². The molecule has 0 saturated carbocycles. The summed E-state index contributed by atoms with van der Waals surface area (Å²) in [7, 11) is 0. The topological polar surface area (TPSA) is 60.5 Å². The number of nitrogens with one attached hydrogen (secondary N) is 1. The van der Waals surface area contributed by atoms with Gasteiger partial charge >= 0.3 is 0 Å². The highest BCUT2D eigenvalue weighted by Crippen LogP contribution is 2.18. The third-order valence-corrected chi connectivity index (χ3v) is 3.18. The number of pyridine rings is 1. The van der Waals surface area contributed by atoms with Gasteiger partial charge in [0, 0.05) is 12.8 Å². The summed E-state index contributed by atoms with van der Waals surface area (Å²) >= 11 is 0. The van der Waals surface area contributed by atoms with Crippen molar-refractivity contribution in [2.24, 2.45) is 0 Å². The van der Waals surface area contributed by atoms with Crippen molar-refractivity contribution < 1.29 is 14.3 Å². The Kier molecular flexibility index (Phi) is 4.74. The standard InChI is InChI=1S/C14H20N2O3/c1-3-18-14-11(6-4-8-15-14)13(17)16-10(2)12-7-5-9-19-12/h4,6,8,10,12H,3,5,7,9H2,1-2H3,(H,16,17)/t10-,12-/m0/s1. The Labute approximate surface area is 113 Å². The number of hydrogen-bond acceptors (Lipinski definition) is 4. The number of amides is 1. The number of rotatable bonds is 5. The summed E-state index contributed by atoms with van der Waals surface area (Å²) in [6.07, 6.45) is 3.77. The Hall–Kier alpha value is -1.62. The van der Waals surface area contributed by atoms with E-state index in [2.05, 4.69) is 10.3 Å². The lowest BCUT2D eigenvalue weighted by Gasteiger charge is -2.20. The number of carbonyl (C=O) groups excluding carboxylic acids is 1. The van der Waals surface area contributed by atoms with Crippen LogP contribution in [0.4, 0.5) is 0 Å². The van der Waals surface area contributed by atoms with Crippen LogP contribution in [0.3, 0.4) is 0 Å². The first kappa shape index (κ1) is 13.8. The minimum Gasteiger partial charge on any atom is -0.477 e. The highest BCUT2D eigenvalue weighted by molar-refractivity contribution is 5.96. The monoisotopic (exact) mass is 264 g/mol. The molecular weight excluding hydrogens is 244 g/mol. The molecule has 1 amide bonds. The Morgan fingerprint density at radius 3 is 3.21 bits per heavy atom. The summed E-state index contributed by atoms with van der Waals surface area (Å²) in [4.78, 5) is 16.3. The summed E-state index contributed by atoms with van der Waals surface area (Å²) in [5, 5.41) is 2.95. The molecule has 0 aromatic carbocycles. The fourth-order valence-corrected chi connectivity index (χ4v) is 2.19. The predicted octanol–water partition coefficient (Wildman–Crippen LogP) is 1.78. The maximum Gasteiger partial charge on any atom is 0.257 e. The van der Waals surface area contributed by atoms with Crippen LogP contribution in [0, 0.1) is 0 Å². The lowest BCUT2D eigenvalue weighted by Crippen LogP contribution is -2.41. The first-order chi connectivity index (χ1) is 9.22. The average molecular weight is 264 g/mol. The maximum atomic E-state index is 12.2. The lowest BCUT2D eigenvalue weighted by molar-refractivity contribution is 0.0710. The molecule has 1 saturated heterocycles. The van der Waals surface area contributed by atoms with Crippen LogP contribution in [0.1, 0.15) is 37.0 Å². The van der Waals surface area contributed by atoms with Crippen molar-refractivity contribution in [3.05, 3.63) is 23.9 Å². The molecule has 1 N–H and O–H groups in total. The highest BCUT2D eigenvalue weighted by atomic mass is 16.5. The Balaban J connectivity index is 2.02. The van der Waals surface area contributed by atoms with Crippen molar-refractivity contribution in [1.82, 2.24) is 10.3 Å². The Bertz CT molecular complexity index is 430. The lowest BCUT2D eigenvalue weighted by atomic mass is 10.1. The zero-order valence-electron chi connectivity index (χ0n) is 11.4. The second-order valence-electron chi connectivity index (χ2n) is 4.60. The quantitative estimate of drug-likeness (QED) is 0.880. The Morgan fingerprint density at radius 1 is 1.68 bits per heavy atom. The third kappa shape index (κ3) is 3.44. The van der Waals surface area contributed by atoms with Crippen LogP contribution in [0.2, 0.25) is 0 Å². The smallest absolute Gasteiger partial charge is 0.257 e. The van der Waals surface area contributed by atoms with E-state index in [9.17, 15) is 4.79 Å². The van der Waals surface area contributed by atoms with Gasteiger partial charge < -0.3 is 14.8 Å². The molecule has 104 valence electrons. The molecule has 0 bridgehead atoms. The van der Waals surface area contributed by atoms with Gasteiger partial charge in [0.15, 0.2) is 0 Å². The van der Waals surface area contributed by atoms with E-state index in [-0.39, 0.29) is 18.1 Å². The molecule has 2 atom stereocenters. The molecule has 19 heavy (non-hydrogen) atoms. The third-order valence-electron chi connectivity index (χ3n) is 3.18. The molecule has 0 aliphatic carbocycles. The Morgan fingerprint density at radius 2 is 2.53 bits per heavy atom. The van der Waals surface area contributed by atoms with Gasteiger partial charge in [-0.25, -0.2) is 4.98 Å². The number of ether oxygens (including phenoxy) is 2. The van der Waals surface area contributed by atoms with Crippen LogP contribution in [0.5, 0.6) is 5.88 Å². The minimum absolute atomic E-state index is 0.00955. The number of nitrogens with zero attached hydrogens (tertiary/aromatic N) is 1. The van der Waals surface area contributed by atoms with Crippen LogP contribution in [0.25, 0.3) is 0 Å². The van der Waals surface area contributed by atoms with E-state index in [1.54, 1.807) is 18.3 Å². The molecule has 2 heterocycles. The van der Waals surface area contributed by atoms with Crippen LogP contribution in [-0.2, 0) is 4.74 Å². The summed E-state index contributed by atoms with van der Waals surface area (Å²) in [6, 6.07) is 3.44. The van der Waals surface area contributed by atoms with Gasteiger partial charge in [0.1, 0.15) is 5.56 Å². The molecule has 5 heteroatoms. The fourth-order valence-electron chi connectivity index (χ4n) is 2.19. The van der Waals surface area contributed by atoms with Crippen molar-refractivity contribution in [3.63, 3.8) is 0 Å². The van der Waals surface area contributed by atoms with E-state index >= 15 is 0 Å². The molecule has 1 aliphatic heterocycles. The normalized spacial score (nSPS) is 20.0. The predicted molar refractivity (Wildman–Crippen MR) is 71.3 cm³/mol. The van der Waals surface area contributed by atoms with E-state index in [1.165, 1.54) is 0 Å². The van der Waals surface area contributed by atoms with Crippen LogP contribution in [0.15, 0.2) is 18.3 Å². The van der Waals surface area contributed by atoms with Gasteiger partial charge in [-0.15, -0.1) is 0 Å².